The summed E-state index contributed by atoms with van der Waals surface area (Å²) in [6.07, 6.45) is 0. The first kappa shape index (κ1) is 13.4. The molecule has 1 heterocycles. The van der Waals surface area contributed by atoms with Crippen molar-refractivity contribution < 1.29 is 9.21 Å². The number of benzene rings is 2. The van der Waals surface area contributed by atoms with Crippen LogP contribution < -0.4 is 0 Å². The lowest BCUT2D eigenvalue weighted by Gasteiger charge is -2.04. The summed E-state index contributed by atoms with van der Waals surface area (Å²) in [6.45, 7) is 1.90. The van der Waals surface area contributed by atoms with E-state index in [4.69, 9.17) is 16.0 Å². The molecule has 3 aromatic rings. The maximum atomic E-state index is 12.5. The summed E-state index contributed by atoms with van der Waals surface area (Å²) in [5, 5.41) is 1.33. The van der Waals surface area contributed by atoms with Crippen molar-refractivity contribution >= 4 is 44.3 Å². The molecule has 2 nitrogen and oxygen atoms in total. The number of carbonyl (C=O) groups is 1. The summed E-state index contributed by atoms with van der Waals surface area (Å²) < 4.78 is 6.51. The molecule has 0 spiro atoms. The summed E-state index contributed by atoms with van der Waals surface area (Å²) in [5.41, 5.74) is 2.06. The molecule has 2 aromatic carbocycles. The molecule has 0 aliphatic heterocycles. The Morgan fingerprint density at radius 1 is 1.20 bits per heavy atom. The number of fused-ring (bicyclic) bond motifs is 1. The van der Waals surface area contributed by atoms with Gasteiger partial charge in [-0.05, 0) is 30.7 Å². The second-order valence-electron chi connectivity index (χ2n) is 4.51. The molecule has 0 amide bonds. The number of rotatable bonds is 2. The standard InChI is InChI=1S/C16H10BrClO2/c1-9-11(5-3-6-12(9)17)15(19)14-8-10-4-2-7-13(18)16(10)20-14/h2-8H,1H3. The van der Waals surface area contributed by atoms with E-state index in [0.29, 0.717) is 21.9 Å². The second kappa shape index (κ2) is 5.08. The number of furan rings is 1. The molecule has 0 fully saturated rings. The molecule has 0 atom stereocenters. The van der Waals surface area contributed by atoms with Crippen LogP contribution in [0.15, 0.2) is 51.4 Å². The van der Waals surface area contributed by atoms with Crippen molar-refractivity contribution in [3.8, 4) is 0 Å². The number of para-hydroxylation sites is 1. The molecule has 0 unspecified atom stereocenters. The number of ketones is 1. The van der Waals surface area contributed by atoms with Gasteiger partial charge >= 0.3 is 0 Å². The molecule has 0 saturated carbocycles. The smallest absolute Gasteiger partial charge is 0.228 e. The largest absolute Gasteiger partial charge is 0.451 e. The number of halogens is 2. The molecule has 100 valence electrons. The fourth-order valence-corrected chi connectivity index (χ4v) is 2.71. The predicted octanol–water partition coefficient (Wildman–Crippen LogP) is 5.39. The average Bonchev–Trinajstić information content (AvgIpc) is 2.87. The maximum absolute atomic E-state index is 12.5. The molecule has 20 heavy (non-hydrogen) atoms. The Morgan fingerprint density at radius 2 is 1.95 bits per heavy atom. The molecule has 0 aliphatic carbocycles. The first-order chi connectivity index (χ1) is 9.58. The Labute approximate surface area is 129 Å². The Balaban J connectivity index is 2.13. The molecule has 0 N–H and O–H groups in total. The molecule has 0 radical (unpaired) electrons. The van der Waals surface area contributed by atoms with Crippen LogP contribution in [0.4, 0.5) is 0 Å². The van der Waals surface area contributed by atoms with Gasteiger partial charge in [0, 0.05) is 15.4 Å². The van der Waals surface area contributed by atoms with Gasteiger partial charge in [-0.3, -0.25) is 4.79 Å². The molecular formula is C16H10BrClO2. The Kier molecular flexibility index (Phi) is 3.40. The first-order valence-electron chi connectivity index (χ1n) is 6.06. The van der Waals surface area contributed by atoms with Crippen molar-refractivity contribution in [2.24, 2.45) is 0 Å². The molecule has 3 rings (SSSR count). The van der Waals surface area contributed by atoms with Gasteiger partial charge in [0.2, 0.25) is 5.78 Å². The lowest BCUT2D eigenvalue weighted by molar-refractivity contribution is 0.101. The van der Waals surface area contributed by atoms with Crippen LogP contribution in [-0.2, 0) is 0 Å². The van der Waals surface area contributed by atoms with E-state index in [1.54, 1.807) is 18.2 Å². The van der Waals surface area contributed by atoms with Gasteiger partial charge in [-0.15, -0.1) is 0 Å². The Morgan fingerprint density at radius 3 is 2.70 bits per heavy atom. The molecule has 4 heteroatoms. The van der Waals surface area contributed by atoms with E-state index in [0.717, 1.165) is 15.4 Å². The topological polar surface area (TPSA) is 30.2 Å². The van der Waals surface area contributed by atoms with E-state index in [1.807, 2.05) is 31.2 Å². The van der Waals surface area contributed by atoms with Gasteiger partial charge in [-0.2, -0.15) is 0 Å². The van der Waals surface area contributed by atoms with Crippen LogP contribution in [0.5, 0.6) is 0 Å². The van der Waals surface area contributed by atoms with Crippen LogP contribution in [-0.4, -0.2) is 5.78 Å². The van der Waals surface area contributed by atoms with Crippen LogP contribution in [0.2, 0.25) is 5.02 Å². The predicted molar refractivity (Wildman–Crippen MR) is 83.5 cm³/mol. The third-order valence-corrected chi connectivity index (χ3v) is 4.39. The van der Waals surface area contributed by atoms with Gasteiger partial charge in [-0.25, -0.2) is 0 Å². The van der Waals surface area contributed by atoms with Crippen molar-refractivity contribution in [3.63, 3.8) is 0 Å². The first-order valence-corrected chi connectivity index (χ1v) is 7.23. The normalized spacial score (nSPS) is 10.9. The van der Waals surface area contributed by atoms with Crippen LogP contribution in [0.1, 0.15) is 21.7 Å². The van der Waals surface area contributed by atoms with Crippen LogP contribution in [0.3, 0.4) is 0 Å². The van der Waals surface area contributed by atoms with Gasteiger partial charge in [0.25, 0.3) is 0 Å². The molecule has 0 bridgehead atoms. The maximum Gasteiger partial charge on any atom is 0.228 e. The van der Waals surface area contributed by atoms with Crippen LogP contribution in [0, 0.1) is 6.92 Å². The summed E-state index contributed by atoms with van der Waals surface area (Å²) in [6, 6.07) is 12.7. The van der Waals surface area contributed by atoms with E-state index in [-0.39, 0.29) is 5.78 Å². The van der Waals surface area contributed by atoms with Crippen molar-refractivity contribution in [1.82, 2.24) is 0 Å². The highest BCUT2D eigenvalue weighted by atomic mass is 79.9. The SMILES string of the molecule is Cc1c(Br)cccc1C(=O)c1cc2cccc(Cl)c2o1. The van der Waals surface area contributed by atoms with E-state index in [1.165, 1.54) is 0 Å². The van der Waals surface area contributed by atoms with Crippen molar-refractivity contribution in [2.75, 3.05) is 0 Å². The van der Waals surface area contributed by atoms with Crippen LogP contribution in [0.25, 0.3) is 11.0 Å². The van der Waals surface area contributed by atoms with E-state index >= 15 is 0 Å². The van der Waals surface area contributed by atoms with Crippen molar-refractivity contribution in [3.05, 3.63) is 68.8 Å². The lowest BCUT2D eigenvalue weighted by Crippen LogP contribution is -2.02. The van der Waals surface area contributed by atoms with Crippen LogP contribution >= 0.6 is 27.5 Å². The zero-order chi connectivity index (χ0) is 14.3. The monoisotopic (exact) mass is 348 g/mol. The van der Waals surface area contributed by atoms with E-state index in [2.05, 4.69) is 15.9 Å². The molecule has 0 saturated heterocycles. The fraction of sp³-hybridized carbons (Fsp3) is 0.0625. The number of hydrogen-bond acceptors (Lipinski definition) is 2. The van der Waals surface area contributed by atoms with Crippen molar-refractivity contribution in [1.29, 1.82) is 0 Å². The number of hydrogen-bond donors (Lipinski definition) is 0. The summed E-state index contributed by atoms with van der Waals surface area (Å²) in [5.74, 6) is 0.158. The summed E-state index contributed by atoms with van der Waals surface area (Å²) >= 11 is 9.49. The molecular weight excluding hydrogens is 340 g/mol. The zero-order valence-electron chi connectivity index (χ0n) is 10.6. The zero-order valence-corrected chi connectivity index (χ0v) is 13.0. The highest BCUT2D eigenvalue weighted by Crippen LogP contribution is 2.29. The molecule has 0 aliphatic rings. The van der Waals surface area contributed by atoms with E-state index < -0.39 is 0 Å². The lowest BCUT2D eigenvalue weighted by atomic mass is 10.0. The van der Waals surface area contributed by atoms with Gasteiger partial charge in [0.15, 0.2) is 11.3 Å². The number of carbonyl (C=O) groups excluding carboxylic acids is 1. The second-order valence-corrected chi connectivity index (χ2v) is 5.77. The highest BCUT2D eigenvalue weighted by molar-refractivity contribution is 9.10. The Bertz CT molecular complexity index is 820. The third-order valence-electron chi connectivity index (χ3n) is 3.23. The molecule has 1 aromatic heterocycles. The quantitative estimate of drug-likeness (QED) is 0.581. The van der Waals surface area contributed by atoms with Crippen molar-refractivity contribution in [2.45, 2.75) is 6.92 Å². The fourth-order valence-electron chi connectivity index (χ4n) is 2.13. The average molecular weight is 350 g/mol. The minimum Gasteiger partial charge on any atom is -0.451 e. The van der Waals surface area contributed by atoms with E-state index in [9.17, 15) is 4.79 Å². The highest BCUT2D eigenvalue weighted by Gasteiger charge is 2.18. The summed E-state index contributed by atoms with van der Waals surface area (Å²) in [4.78, 5) is 12.5. The Hall–Kier alpha value is -1.58. The minimum atomic E-state index is -0.143. The minimum absolute atomic E-state index is 0.143. The van der Waals surface area contributed by atoms with Gasteiger partial charge in [-0.1, -0.05) is 51.8 Å². The van der Waals surface area contributed by atoms with Gasteiger partial charge in [0.1, 0.15) is 0 Å². The van der Waals surface area contributed by atoms with Gasteiger partial charge < -0.3 is 4.42 Å². The summed E-state index contributed by atoms with van der Waals surface area (Å²) in [7, 11) is 0. The third kappa shape index (κ3) is 2.17. The van der Waals surface area contributed by atoms with Gasteiger partial charge in [0.05, 0.1) is 5.02 Å².